The third-order valence-corrected chi connectivity index (χ3v) is 4.24. The molecule has 4 aromatic rings. The SMILES string of the molecule is O=C(NCc1ccccc1C(F)(F)F)c1nnn2c1c(=O)[nH]c1ccccc12. The van der Waals surface area contributed by atoms with E-state index >= 15 is 0 Å². The Morgan fingerprint density at radius 2 is 1.82 bits per heavy atom. The molecule has 142 valence electrons. The van der Waals surface area contributed by atoms with Gasteiger partial charge in [-0.2, -0.15) is 13.2 Å². The lowest BCUT2D eigenvalue weighted by Crippen LogP contribution is -2.26. The molecule has 0 atom stereocenters. The Balaban J connectivity index is 1.68. The van der Waals surface area contributed by atoms with Gasteiger partial charge in [-0.05, 0) is 23.8 Å². The zero-order chi connectivity index (χ0) is 19.9. The highest BCUT2D eigenvalue weighted by Gasteiger charge is 2.33. The zero-order valence-corrected chi connectivity index (χ0v) is 14.1. The summed E-state index contributed by atoms with van der Waals surface area (Å²) in [4.78, 5) is 27.5. The highest BCUT2D eigenvalue weighted by molar-refractivity contribution is 5.99. The summed E-state index contributed by atoms with van der Waals surface area (Å²) in [7, 11) is 0. The molecule has 4 rings (SSSR count). The van der Waals surface area contributed by atoms with Crippen LogP contribution in [0.3, 0.4) is 0 Å². The Bertz CT molecular complexity index is 1260. The number of hydrogen-bond acceptors (Lipinski definition) is 4. The second-order valence-corrected chi connectivity index (χ2v) is 6.01. The number of H-pyrrole nitrogens is 1. The summed E-state index contributed by atoms with van der Waals surface area (Å²) >= 11 is 0. The zero-order valence-electron chi connectivity index (χ0n) is 14.1. The molecule has 0 fully saturated rings. The standard InChI is InChI=1S/C18H12F3N5O2/c19-18(20,21)11-6-2-1-5-10(11)9-22-16(27)14-15-17(28)23-12-7-3-4-8-13(12)26(15)25-24-14/h1-8H,9H2,(H,22,27)(H,23,28). The van der Waals surface area contributed by atoms with Gasteiger partial charge < -0.3 is 10.3 Å². The first-order valence-corrected chi connectivity index (χ1v) is 8.16. The number of carbonyl (C=O) groups is 1. The summed E-state index contributed by atoms with van der Waals surface area (Å²) in [6.45, 7) is -0.376. The van der Waals surface area contributed by atoms with Crippen molar-refractivity contribution in [2.24, 2.45) is 0 Å². The van der Waals surface area contributed by atoms with E-state index in [1.165, 1.54) is 22.7 Å². The molecule has 2 heterocycles. The first kappa shape index (κ1) is 17.7. The van der Waals surface area contributed by atoms with Gasteiger partial charge >= 0.3 is 6.18 Å². The highest BCUT2D eigenvalue weighted by atomic mass is 19.4. The number of alkyl halides is 3. The molecule has 28 heavy (non-hydrogen) atoms. The van der Waals surface area contributed by atoms with E-state index in [0.717, 1.165) is 6.07 Å². The van der Waals surface area contributed by atoms with Crippen LogP contribution in [0, 0.1) is 0 Å². The van der Waals surface area contributed by atoms with Gasteiger partial charge in [-0.3, -0.25) is 9.59 Å². The number of benzene rings is 2. The molecule has 0 radical (unpaired) electrons. The van der Waals surface area contributed by atoms with Crippen LogP contribution in [0.4, 0.5) is 13.2 Å². The minimum Gasteiger partial charge on any atom is -0.346 e. The van der Waals surface area contributed by atoms with Gasteiger partial charge in [-0.25, -0.2) is 4.52 Å². The summed E-state index contributed by atoms with van der Waals surface area (Å²) < 4.78 is 40.4. The van der Waals surface area contributed by atoms with Crippen LogP contribution >= 0.6 is 0 Å². The van der Waals surface area contributed by atoms with Crippen LogP contribution in [0.5, 0.6) is 0 Å². The van der Waals surface area contributed by atoms with E-state index < -0.39 is 23.2 Å². The molecule has 7 nitrogen and oxygen atoms in total. The Morgan fingerprint density at radius 1 is 1.11 bits per heavy atom. The average Bonchev–Trinajstić information content (AvgIpc) is 3.12. The van der Waals surface area contributed by atoms with E-state index in [4.69, 9.17) is 0 Å². The quantitative estimate of drug-likeness (QED) is 0.565. The van der Waals surface area contributed by atoms with Gasteiger partial charge in [0.15, 0.2) is 11.2 Å². The van der Waals surface area contributed by atoms with Gasteiger partial charge in [0.1, 0.15) is 0 Å². The predicted molar refractivity (Wildman–Crippen MR) is 93.7 cm³/mol. The van der Waals surface area contributed by atoms with Gasteiger partial charge in [0, 0.05) is 6.54 Å². The first-order valence-electron chi connectivity index (χ1n) is 8.16. The van der Waals surface area contributed by atoms with E-state index in [9.17, 15) is 22.8 Å². The molecule has 10 heteroatoms. The van der Waals surface area contributed by atoms with Gasteiger partial charge in [0.25, 0.3) is 11.5 Å². The molecule has 1 amide bonds. The number of nitrogens with zero attached hydrogens (tertiary/aromatic N) is 3. The Morgan fingerprint density at radius 3 is 2.61 bits per heavy atom. The maximum atomic E-state index is 13.1. The first-order chi connectivity index (χ1) is 13.4. The van der Waals surface area contributed by atoms with E-state index in [1.54, 1.807) is 24.3 Å². The molecule has 0 bridgehead atoms. The van der Waals surface area contributed by atoms with Crippen molar-refractivity contribution >= 4 is 22.5 Å². The number of hydrogen-bond donors (Lipinski definition) is 2. The fourth-order valence-electron chi connectivity index (χ4n) is 2.96. The Hall–Kier alpha value is -3.69. The minimum atomic E-state index is -4.54. The van der Waals surface area contributed by atoms with Crippen molar-refractivity contribution in [1.82, 2.24) is 25.1 Å². The molecule has 0 aliphatic rings. The van der Waals surface area contributed by atoms with Crippen LogP contribution in [0.2, 0.25) is 0 Å². The lowest BCUT2D eigenvalue weighted by Gasteiger charge is -2.12. The number of nitrogens with one attached hydrogen (secondary N) is 2. The van der Waals surface area contributed by atoms with Crippen LogP contribution in [0.1, 0.15) is 21.6 Å². The molecule has 0 aliphatic heterocycles. The Labute approximate surface area is 154 Å². The van der Waals surface area contributed by atoms with Crippen molar-refractivity contribution in [1.29, 1.82) is 0 Å². The van der Waals surface area contributed by atoms with Gasteiger partial charge in [0.05, 0.1) is 16.6 Å². The van der Waals surface area contributed by atoms with Gasteiger partial charge in [-0.15, -0.1) is 5.10 Å². The van der Waals surface area contributed by atoms with Gasteiger partial charge in [0.2, 0.25) is 0 Å². The number of para-hydroxylation sites is 2. The molecule has 0 unspecified atom stereocenters. The van der Waals surface area contributed by atoms with E-state index in [2.05, 4.69) is 20.6 Å². The molecule has 2 aromatic carbocycles. The second-order valence-electron chi connectivity index (χ2n) is 6.01. The highest BCUT2D eigenvalue weighted by Crippen LogP contribution is 2.31. The average molecular weight is 387 g/mol. The van der Waals surface area contributed by atoms with Crippen molar-refractivity contribution in [3.63, 3.8) is 0 Å². The molecule has 0 saturated heterocycles. The largest absolute Gasteiger partial charge is 0.416 e. The van der Waals surface area contributed by atoms with E-state index in [1.807, 2.05) is 0 Å². The lowest BCUT2D eigenvalue weighted by molar-refractivity contribution is -0.138. The molecular weight excluding hydrogens is 375 g/mol. The van der Waals surface area contributed by atoms with E-state index in [0.29, 0.717) is 11.0 Å². The fourth-order valence-corrected chi connectivity index (χ4v) is 2.96. The lowest BCUT2D eigenvalue weighted by atomic mass is 10.1. The summed E-state index contributed by atoms with van der Waals surface area (Å²) in [5.41, 5.74) is -0.825. The topological polar surface area (TPSA) is 92.2 Å². The second kappa shape index (κ2) is 6.48. The van der Waals surface area contributed by atoms with Crippen LogP contribution in [-0.2, 0) is 12.7 Å². The molecule has 2 aromatic heterocycles. The number of halogens is 3. The summed E-state index contributed by atoms with van der Waals surface area (Å²) in [5, 5.41) is 9.97. The van der Waals surface area contributed by atoms with Gasteiger partial charge in [-0.1, -0.05) is 35.5 Å². The third kappa shape index (κ3) is 2.98. The third-order valence-electron chi connectivity index (χ3n) is 4.24. The number of aromatic nitrogens is 4. The van der Waals surface area contributed by atoms with E-state index in [-0.39, 0.29) is 23.3 Å². The summed E-state index contributed by atoms with van der Waals surface area (Å²) in [6.07, 6.45) is -4.54. The van der Waals surface area contributed by atoms with Crippen molar-refractivity contribution in [2.75, 3.05) is 0 Å². The van der Waals surface area contributed by atoms with Crippen molar-refractivity contribution in [3.8, 4) is 0 Å². The Kier molecular flexibility index (Phi) is 4.10. The van der Waals surface area contributed by atoms with Crippen molar-refractivity contribution in [2.45, 2.75) is 12.7 Å². The molecular formula is C18H12F3N5O2. The number of fused-ring (bicyclic) bond motifs is 3. The van der Waals surface area contributed by atoms with Crippen molar-refractivity contribution in [3.05, 3.63) is 75.7 Å². The monoisotopic (exact) mass is 387 g/mol. The smallest absolute Gasteiger partial charge is 0.346 e. The predicted octanol–water partition coefficient (Wildman–Crippen LogP) is 2.52. The molecule has 0 spiro atoms. The normalized spacial score (nSPS) is 11.8. The molecule has 0 aliphatic carbocycles. The molecule has 2 N–H and O–H groups in total. The minimum absolute atomic E-state index is 0.0830. The van der Waals surface area contributed by atoms with Crippen molar-refractivity contribution < 1.29 is 18.0 Å². The number of carbonyl (C=O) groups excluding carboxylic acids is 1. The molecule has 0 saturated carbocycles. The van der Waals surface area contributed by atoms with Crippen LogP contribution in [0.25, 0.3) is 16.6 Å². The number of amides is 1. The van der Waals surface area contributed by atoms with Crippen LogP contribution < -0.4 is 10.9 Å². The maximum absolute atomic E-state index is 13.1. The summed E-state index contributed by atoms with van der Waals surface area (Å²) in [6, 6.07) is 11.7. The fraction of sp³-hybridized carbons (Fsp3) is 0.111. The number of rotatable bonds is 3. The number of aromatic amines is 1. The van der Waals surface area contributed by atoms with Crippen LogP contribution in [0.15, 0.2) is 53.3 Å². The van der Waals surface area contributed by atoms with Crippen LogP contribution in [-0.4, -0.2) is 25.7 Å². The summed E-state index contributed by atoms with van der Waals surface area (Å²) in [5.74, 6) is -0.798. The maximum Gasteiger partial charge on any atom is 0.416 e.